The lowest BCUT2D eigenvalue weighted by molar-refractivity contribution is 0.305. The minimum Gasteiger partial charge on any atom is -0.489 e. The van der Waals surface area contributed by atoms with Gasteiger partial charge in [-0.25, -0.2) is 4.39 Å². The van der Waals surface area contributed by atoms with Crippen LogP contribution in [0.3, 0.4) is 0 Å². The molecule has 110 valence electrons. The Morgan fingerprint density at radius 1 is 1.24 bits per heavy atom. The second-order valence-corrected chi connectivity index (χ2v) is 5.63. The van der Waals surface area contributed by atoms with Gasteiger partial charge in [-0.1, -0.05) is 25.1 Å². The lowest BCUT2D eigenvalue weighted by atomic mass is 9.95. The van der Waals surface area contributed by atoms with Crippen molar-refractivity contribution in [3.63, 3.8) is 0 Å². The van der Waals surface area contributed by atoms with E-state index in [0.717, 1.165) is 30.8 Å². The van der Waals surface area contributed by atoms with E-state index in [2.05, 4.69) is 24.4 Å². The number of fused-ring (bicyclic) bond motifs is 1. The fourth-order valence-corrected chi connectivity index (χ4v) is 2.81. The van der Waals surface area contributed by atoms with Crippen LogP contribution >= 0.6 is 0 Å². The topological polar surface area (TPSA) is 21.3 Å². The number of hydrogen-bond acceptors (Lipinski definition) is 2. The molecule has 0 spiro atoms. The number of nitrogens with one attached hydrogen (secondary N) is 1. The van der Waals surface area contributed by atoms with Crippen LogP contribution < -0.4 is 10.1 Å². The van der Waals surface area contributed by atoms with Gasteiger partial charge in [-0.3, -0.25) is 0 Å². The third kappa shape index (κ3) is 3.42. The Balaban J connectivity index is 1.73. The van der Waals surface area contributed by atoms with Gasteiger partial charge in [-0.2, -0.15) is 0 Å². The fraction of sp³-hybridized carbons (Fsp3) is 0.333. The fourth-order valence-electron chi connectivity index (χ4n) is 2.81. The average Bonchev–Trinajstić information content (AvgIpc) is 2.67. The minimum absolute atomic E-state index is 0.224. The van der Waals surface area contributed by atoms with Crippen molar-refractivity contribution in [1.29, 1.82) is 0 Å². The summed E-state index contributed by atoms with van der Waals surface area (Å²) >= 11 is 0. The number of hydrogen-bond donors (Lipinski definition) is 1. The summed E-state index contributed by atoms with van der Waals surface area (Å²) in [6.45, 7) is 4.66. The summed E-state index contributed by atoms with van der Waals surface area (Å²) in [7, 11) is 0. The van der Waals surface area contributed by atoms with Gasteiger partial charge in [0.25, 0.3) is 0 Å². The first-order chi connectivity index (χ1) is 10.2. The maximum atomic E-state index is 13.1. The number of ether oxygens (including phenoxy) is 1. The van der Waals surface area contributed by atoms with E-state index in [-0.39, 0.29) is 5.82 Å². The van der Waals surface area contributed by atoms with Crippen molar-refractivity contribution in [2.24, 2.45) is 0 Å². The second kappa shape index (κ2) is 6.27. The van der Waals surface area contributed by atoms with E-state index in [1.807, 2.05) is 12.1 Å². The minimum atomic E-state index is -0.224. The molecule has 2 aromatic rings. The van der Waals surface area contributed by atoms with Gasteiger partial charge in [0, 0.05) is 6.54 Å². The van der Waals surface area contributed by atoms with Crippen molar-refractivity contribution in [2.45, 2.75) is 25.9 Å². The molecule has 0 aliphatic carbocycles. The molecular weight excluding hydrogens is 265 g/mol. The molecular formula is C18H20FNO. The number of benzene rings is 2. The van der Waals surface area contributed by atoms with Gasteiger partial charge in [0.1, 0.15) is 18.2 Å². The molecule has 0 fully saturated rings. The van der Waals surface area contributed by atoms with E-state index in [1.54, 1.807) is 6.07 Å². The van der Waals surface area contributed by atoms with Gasteiger partial charge in [-0.15, -0.1) is 0 Å². The van der Waals surface area contributed by atoms with Crippen LogP contribution in [0, 0.1) is 5.82 Å². The molecule has 21 heavy (non-hydrogen) atoms. The summed E-state index contributed by atoms with van der Waals surface area (Å²) in [4.78, 5) is 0. The summed E-state index contributed by atoms with van der Waals surface area (Å²) in [6.07, 6.45) is 1.02. The zero-order valence-electron chi connectivity index (χ0n) is 12.2. The molecule has 2 aromatic carbocycles. The van der Waals surface area contributed by atoms with E-state index >= 15 is 0 Å². The molecule has 2 nitrogen and oxygen atoms in total. The molecule has 1 aliphatic rings. The van der Waals surface area contributed by atoms with Crippen LogP contribution in [0.1, 0.15) is 29.5 Å². The molecule has 3 rings (SSSR count). The Labute approximate surface area is 125 Å². The molecule has 0 saturated heterocycles. The number of halogens is 1. The van der Waals surface area contributed by atoms with Gasteiger partial charge in [0.15, 0.2) is 0 Å². The maximum absolute atomic E-state index is 13.1. The Hall–Kier alpha value is -1.87. The predicted molar refractivity (Wildman–Crippen MR) is 82.2 cm³/mol. The van der Waals surface area contributed by atoms with Crippen LogP contribution in [-0.4, -0.2) is 13.1 Å². The number of rotatable bonds is 3. The van der Waals surface area contributed by atoms with Gasteiger partial charge < -0.3 is 10.1 Å². The summed E-state index contributed by atoms with van der Waals surface area (Å²) in [5.41, 5.74) is 3.60. The molecule has 0 radical (unpaired) electrons. The molecule has 1 aliphatic heterocycles. The molecule has 3 heteroatoms. The molecule has 1 N–H and O–H groups in total. The van der Waals surface area contributed by atoms with Crippen LogP contribution in [-0.2, 0) is 13.0 Å². The smallest absolute Gasteiger partial charge is 0.123 e. The van der Waals surface area contributed by atoms with Gasteiger partial charge >= 0.3 is 0 Å². The highest BCUT2D eigenvalue weighted by Gasteiger charge is 2.14. The molecule has 0 aromatic heterocycles. The van der Waals surface area contributed by atoms with Gasteiger partial charge in [0.2, 0.25) is 0 Å². The van der Waals surface area contributed by atoms with Crippen molar-refractivity contribution in [3.05, 3.63) is 65.0 Å². The Morgan fingerprint density at radius 2 is 2.14 bits per heavy atom. The molecule has 0 saturated carbocycles. The van der Waals surface area contributed by atoms with Crippen LogP contribution in [0.4, 0.5) is 4.39 Å². The van der Waals surface area contributed by atoms with Crippen molar-refractivity contribution in [1.82, 2.24) is 5.32 Å². The van der Waals surface area contributed by atoms with E-state index in [0.29, 0.717) is 12.5 Å². The lowest BCUT2D eigenvalue weighted by Crippen LogP contribution is -2.18. The van der Waals surface area contributed by atoms with Crippen molar-refractivity contribution in [3.8, 4) is 5.75 Å². The zero-order chi connectivity index (χ0) is 14.7. The first-order valence-electron chi connectivity index (χ1n) is 7.43. The SMILES string of the molecule is C[C@@H]1CNCCc2cc(OCc3cccc(F)c3)ccc21. The first-order valence-corrected chi connectivity index (χ1v) is 7.43. The van der Waals surface area contributed by atoms with Crippen LogP contribution in [0.2, 0.25) is 0 Å². The Kier molecular flexibility index (Phi) is 4.20. The third-order valence-corrected chi connectivity index (χ3v) is 3.96. The normalized spacial score (nSPS) is 17.9. The molecule has 1 atom stereocenters. The molecule has 1 heterocycles. The maximum Gasteiger partial charge on any atom is 0.123 e. The van der Waals surface area contributed by atoms with Crippen molar-refractivity contribution >= 4 is 0 Å². The first kappa shape index (κ1) is 14.1. The standard InChI is InChI=1S/C18H20FNO/c1-13-11-20-8-7-15-10-17(5-6-18(13)15)21-12-14-3-2-4-16(19)9-14/h2-6,9-10,13,20H,7-8,11-12H2,1H3/t13-/m1/s1. The quantitative estimate of drug-likeness (QED) is 0.929. The second-order valence-electron chi connectivity index (χ2n) is 5.63. The summed E-state index contributed by atoms with van der Waals surface area (Å²) in [5.74, 6) is 1.16. The highest BCUT2D eigenvalue weighted by molar-refractivity contribution is 5.38. The highest BCUT2D eigenvalue weighted by Crippen LogP contribution is 2.26. The molecule has 0 bridgehead atoms. The van der Waals surface area contributed by atoms with Crippen LogP contribution in [0.15, 0.2) is 42.5 Å². The Bertz CT molecular complexity index is 626. The highest BCUT2D eigenvalue weighted by atomic mass is 19.1. The summed E-state index contributed by atoms with van der Waals surface area (Å²) < 4.78 is 18.9. The van der Waals surface area contributed by atoms with E-state index in [1.165, 1.54) is 23.3 Å². The average molecular weight is 285 g/mol. The van der Waals surface area contributed by atoms with Crippen LogP contribution in [0.5, 0.6) is 5.75 Å². The summed E-state index contributed by atoms with van der Waals surface area (Å²) in [5, 5.41) is 3.44. The zero-order valence-corrected chi connectivity index (χ0v) is 12.2. The Morgan fingerprint density at radius 3 is 3.00 bits per heavy atom. The van der Waals surface area contributed by atoms with Crippen molar-refractivity contribution < 1.29 is 9.13 Å². The van der Waals surface area contributed by atoms with Gasteiger partial charge in [0.05, 0.1) is 0 Å². The van der Waals surface area contributed by atoms with Crippen LogP contribution in [0.25, 0.3) is 0 Å². The lowest BCUT2D eigenvalue weighted by Gasteiger charge is -2.14. The summed E-state index contributed by atoms with van der Waals surface area (Å²) in [6, 6.07) is 12.8. The van der Waals surface area contributed by atoms with E-state index in [9.17, 15) is 4.39 Å². The molecule has 0 unspecified atom stereocenters. The van der Waals surface area contributed by atoms with E-state index < -0.39 is 0 Å². The largest absolute Gasteiger partial charge is 0.489 e. The third-order valence-electron chi connectivity index (χ3n) is 3.96. The van der Waals surface area contributed by atoms with Crippen molar-refractivity contribution in [2.75, 3.05) is 13.1 Å². The van der Waals surface area contributed by atoms with Gasteiger partial charge in [-0.05, 0) is 59.8 Å². The predicted octanol–water partition coefficient (Wildman–Crippen LogP) is 3.65. The van der Waals surface area contributed by atoms with E-state index in [4.69, 9.17) is 4.74 Å². The molecule has 0 amide bonds. The monoisotopic (exact) mass is 285 g/mol.